The smallest absolute Gasteiger partial charge is 0 e. The fraction of sp³-hybridized carbons (Fsp3) is 0.143. The number of sulfone groups is 1. The van der Waals surface area contributed by atoms with E-state index < -0.39 is 9.84 Å². The molecule has 0 unspecified atom stereocenters. The molecule has 0 aliphatic heterocycles. The summed E-state index contributed by atoms with van der Waals surface area (Å²) in [6.07, 6.45) is 1.29. The molecular weight excluding hydrogens is 452 g/mol. The summed E-state index contributed by atoms with van der Waals surface area (Å²) in [7, 11) is -3.40. The second-order valence-electron chi connectivity index (χ2n) is 4.69. The maximum atomic E-state index is 12.1. The predicted molar refractivity (Wildman–Crippen MR) is 99.2 cm³/mol. The molecule has 0 amide bonds. The van der Waals surface area contributed by atoms with E-state index in [0.717, 1.165) is 5.56 Å². The van der Waals surface area contributed by atoms with Crippen LogP contribution in [0.25, 0.3) is 0 Å². The Morgan fingerprint density at radius 3 is 1.67 bits per heavy atom. The Kier molecular flexibility index (Phi) is 28.7. The van der Waals surface area contributed by atoms with E-state index in [1.54, 1.807) is 36.4 Å². The van der Waals surface area contributed by atoms with Gasteiger partial charge in [-0.25, -0.2) is 8.42 Å². The molecule has 7 nitrogen and oxygen atoms in total. The Morgan fingerprint density at radius 1 is 0.833 bits per heavy atom. The van der Waals surface area contributed by atoms with Gasteiger partial charge in [-0.3, -0.25) is 0 Å². The average molecular weight is 470 g/mol. The monoisotopic (exact) mass is 470 g/mol. The van der Waals surface area contributed by atoms with Gasteiger partial charge in [-0.15, -0.1) is 0 Å². The Morgan fingerprint density at radius 2 is 1.23 bits per heavy atom. The van der Waals surface area contributed by atoms with Gasteiger partial charge in [0.15, 0.2) is 9.84 Å². The van der Waals surface area contributed by atoms with Crippen molar-refractivity contribution in [3.05, 3.63) is 104 Å². The van der Waals surface area contributed by atoms with Crippen LogP contribution in [0.3, 0.4) is 0 Å². The summed E-state index contributed by atoms with van der Waals surface area (Å²) in [5, 5.41) is 1.21. The second kappa shape index (κ2) is 24.6. The van der Waals surface area contributed by atoms with Crippen molar-refractivity contribution in [2.45, 2.75) is 24.5 Å². The third-order valence-electron chi connectivity index (χ3n) is 2.96. The molecule has 0 aliphatic carbocycles. The molecule has 2 aromatic rings. The van der Waals surface area contributed by atoms with Crippen LogP contribution in [0.4, 0.5) is 0 Å². The minimum Gasteiger partial charge on any atom is 0 e. The van der Waals surface area contributed by atoms with Crippen LogP contribution in [0.15, 0.2) is 77.0 Å². The molecule has 0 heterocycles. The first-order valence-corrected chi connectivity index (χ1v) is 9.08. The third-order valence-corrected chi connectivity index (χ3v) is 4.40. The largest absolute Gasteiger partial charge is 0 e. The first kappa shape index (κ1) is 35.0. The summed E-state index contributed by atoms with van der Waals surface area (Å²) in [6.45, 7) is 20.3. The second-order valence-corrected chi connectivity index (χ2v) is 6.52. The van der Waals surface area contributed by atoms with E-state index in [9.17, 15) is 8.42 Å². The summed E-state index contributed by atoms with van der Waals surface area (Å²) in [4.78, 5) is 0.288. The summed E-state index contributed by atoms with van der Waals surface area (Å²) in [5.74, 6) is 0. The van der Waals surface area contributed by atoms with Gasteiger partial charge < -0.3 is 4.74 Å². The van der Waals surface area contributed by atoms with Gasteiger partial charge in [0.1, 0.15) is 0 Å². The van der Waals surface area contributed by atoms with E-state index in [1.165, 1.54) is 5.41 Å². The normalized spacial score (nSPS) is 9.63. The first-order valence-electron chi connectivity index (χ1n) is 7.53. The van der Waals surface area contributed by atoms with Crippen LogP contribution in [-0.4, -0.2) is 14.5 Å². The van der Waals surface area contributed by atoms with Crippen molar-refractivity contribution in [1.82, 2.24) is 0 Å². The molecule has 30 heavy (non-hydrogen) atoms. The minimum atomic E-state index is -3.40. The predicted octanol–water partition coefficient (Wildman–Crippen LogP) is 3.43. The molecule has 0 saturated heterocycles. The fourth-order valence-corrected chi connectivity index (χ4v) is 2.88. The molecule has 2 aromatic carbocycles. The van der Waals surface area contributed by atoms with E-state index >= 15 is 0 Å². The molecule has 2 rings (SSSR count). The van der Waals surface area contributed by atoms with Crippen LogP contribution in [0, 0.1) is 26.6 Å². The van der Waals surface area contributed by atoms with Crippen LogP contribution in [0.2, 0.25) is 0 Å². The van der Waals surface area contributed by atoms with E-state index in [0.29, 0.717) is 6.61 Å². The van der Waals surface area contributed by atoms with E-state index in [2.05, 4.69) is 26.6 Å². The molecule has 0 N–H and O–H groups in total. The summed E-state index contributed by atoms with van der Waals surface area (Å²) in [6, 6.07) is 18.1. The fourth-order valence-electron chi connectivity index (χ4n) is 1.76. The Balaban J connectivity index is -0.000000336. The molecular formula is C21H18FeO7S. The van der Waals surface area contributed by atoms with Gasteiger partial charge in [0.25, 0.3) is 0 Å². The van der Waals surface area contributed by atoms with Crippen molar-refractivity contribution in [3.8, 4) is 0 Å². The third kappa shape index (κ3) is 16.5. The molecule has 158 valence electrons. The van der Waals surface area contributed by atoms with Gasteiger partial charge in [0.05, 0.1) is 17.6 Å². The summed E-state index contributed by atoms with van der Waals surface area (Å²) >= 11 is 0. The zero-order valence-electron chi connectivity index (χ0n) is 15.8. The van der Waals surface area contributed by atoms with Gasteiger partial charge in [0, 0.05) is 22.5 Å². The van der Waals surface area contributed by atoms with Gasteiger partial charge >= 0.3 is 45.2 Å². The van der Waals surface area contributed by atoms with Gasteiger partial charge in [-0.1, -0.05) is 48.5 Å². The molecule has 9 heteroatoms. The zero-order valence-corrected chi connectivity index (χ0v) is 17.8. The Hall–Kier alpha value is -2.43. The van der Waals surface area contributed by atoms with Crippen molar-refractivity contribution >= 4 is 9.84 Å². The maximum absolute atomic E-state index is 12.1. The van der Waals surface area contributed by atoms with Crippen LogP contribution in [-0.2, 0) is 56.9 Å². The van der Waals surface area contributed by atoms with Gasteiger partial charge in [-0.05, 0) is 30.7 Å². The van der Waals surface area contributed by atoms with Crippen molar-refractivity contribution in [2.24, 2.45) is 0 Å². The standard InChI is InChI=1S/C17H18O3S.4CO.Fe/c1-15(20-14-16-8-4-2-5-9-16)12-13-21(18,19)17-10-6-3-7-11-17;4*1-2;/h2-13,15H,14H2,1H3;;;;;/b13-12+;;;;;/t15-;;;;;/m0...../s1. The Bertz CT molecular complexity index is 832. The zero-order chi connectivity index (χ0) is 23.1. The van der Waals surface area contributed by atoms with Crippen LogP contribution >= 0.6 is 0 Å². The number of hydrogen-bond donors (Lipinski definition) is 0. The molecule has 0 fully saturated rings. The molecule has 0 aliphatic rings. The quantitative estimate of drug-likeness (QED) is 0.365. The Labute approximate surface area is 187 Å². The molecule has 0 aromatic heterocycles. The van der Waals surface area contributed by atoms with E-state index in [4.69, 9.17) is 23.3 Å². The van der Waals surface area contributed by atoms with Gasteiger partial charge in [0.2, 0.25) is 0 Å². The molecule has 0 radical (unpaired) electrons. The first-order chi connectivity index (χ1) is 14.1. The molecule has 0 spiro atoms. The summed E-state index contributed by atoms with van der Waals surface area (Å²) in [5.41, 5.74) is 1.06. The van der Waals surface area contributed by atoms with Crippen molar-refractivity contribution in [1.29, 1.82) is 0 Å². The number of hydrogen-bond acceptors (Lipinski definition) is 3. The number of benzene rings is 2. The maximum Gasteiger partial charge on any atom is 0 e. The molecule has 1 atom stereocenters. The van der Waals surface area contributed by atoms with Crippen molar-refractivity contribution < 1.29 is 48.8 Å². The van der Waals surface area contributed by atoms with E-state index in [-0.39, 0.29) is 28.1 Å². The van der Waals surface area contributed by atoms with Crippen molar-refractivity contribution in [2.75, 3.05) is 0 Å². The summed E-state index contributed by atoms with van der Waals surface area (Å²) < 4.78 is 59.7. The van der Waals surface area contributed by atoms with Crippen LogP contribution < -0.4 is 0 Å². The average Bonchev–Trinajstić information content (AvgIpc) is 2.83. The molecule has 0 saturated carbocycles. The SMILES string of the molecule is C[C@@H](/C=C/S(=O)(=O)c1ccccc1)OCc1ccccc1.[C-]#[O+].[C-]#[O+].[C-]#[O+].[C-]#[O+].[Fe]. The van der Waals surface area contributed by atoms with Gasteiger partial charge in [-0.2, -0.15) is 0 Å². The van der Waals surface area contributed by atoms with E-state index in [1.807, 2.05) is 37.3 Å². The number of rotatable bonds is 6. The van der Waals surface area contributed by atoms with Crippen LogP contribution in [0.5, 0.6) is 0 Å². The number of ether oxygens (including phenoxy) is 1. The topological polar surface area (TPSA) is 123 Å². The van der Waals surface area contributed by atoms with Crippen molar-refractivity contribution in [3.63, 3.8) is 0 Å². The minimum absolute atomic E-state index is 0. The molecule has 0 bridgehead atoms. The van der Waals surface area contributed by atoms with Crippen LogP contribution in [0.1, 0.15) is 12.5 Å².